The van der Waals surface area contributed by atoms with Crippen LogP contribution in [-0.2, 0) is 6.54 Å². The van der Waals surface area contributed by atoms with Gasteiger partial charge in [0.15, 0.2) is 0 Å². The molecule has 0 aliphatic rings. The molecule has 2 aromatic rings. The molecular weight excluding hydrogens is 340 g/mol. The predicted octanol–water partition coefficient (Wildman–Crippen LogP) is 5.13. The molecule has 0 aliphatic carbocycles. The Morgan fingerprint density at radius 3 is 2.57 bits per heavy atom. The number of halogens is 3. The maximum atomic E-state index is 13.8. The lowest BCUT2D eigenvalue weighted by molar-refractivity contribution is 0.240. The SMILES string of the molecule is CC(C)Oc1ccccc1CNc1cc(F)c(Br)cc1F. The Morgan fingerprint density at radius 1 is 1.14 bits per heavy atom. The lowest BCUT2D eigenvalue weighted by Gasteiger charge is -2.15. The van der Waals surface area contributed by atoms with Gasteiger partial charge < -0.3 is 10.1 Å². The van der Waals surface area contributed by atoms with E-state index in [1.807, 2.05) is 38.1 Å². The van der Waals surface area contributed by atoms with Crippen LogP contribution in [0.4, 0.5) is 14.5 Å². The van der Waals surface area contributed by atoms with Crippen molar-refractivity contribution in [2.75, 3.05) is 5.32 Å². The van der Waals surface area contributed by atoms with Gasteiger partial charge in [0, 0.05) is 18.2 Å². The van der Waals surface area contributed by atoms with Crippen molar-refractivity contribution < 1.29 is 13.5 Å². The molecule has 0 saturated carbocycles. The number of hydrogen-bond donors (Lipinski definition) is 1. The summed E-state index contributed by atoms with van der Waals surface area (Å²) in [5.74, 6) is -0.283. The van der Waals surface area contributed by atoms with Crippen LogP contribution in [0.15, 0.2) is 40.9 Å². The molecule has 0 spiro atoms. The number of nitrogens with one attached hydrogen (secondary N) is 1. The second-order valence-corrected chi connectivity index (χ2v) is 5.73. The Balaban J connectivity index is 2.15. The van der Waals surface area contributed by atoms with Gasteiger partial charge in [0.1, 0.15) is 17.4 Å². The lowest BCUT2D eigenvalue weighted by atomic mass is 10.2. The van der Waals surface area contributed by atoms with Crippen LogP contribution in [0.5, 0.6) is 5.75 Å². The third-order valence-corrected chi connectivity index (χ3v) is 3.42. The first-order chi connectivity index (χ1) is 9.97. The first-order valence-electron chi connectivity index (χ1n) is 6.60. The normalized spacial score (nSPS) is 10.8. The standard InChI is InChI=1S/C16H16BrF2NO/c1-10(2)21-16-6-4-3-5-11(16)9-20-15-8-13(18)12(17)7-14(15)19/h3-8,10,20H,9H2,1-2H3. The van der Waals surface area contributed by atoms with E-state index in [4.69, 9.17) is 4.74 Å². The third kappa shape index (κ3) is 4.17. The van der Waals surface area contributed by atoms with Crippen molar-refractivity contribution in [1.82, 2.24) is 0 Å². The van der Waals surface area contributed by atoms with Gasteiger partial charge in [-0.2, -0.15) is 0 Å². The van der Waals surface area contributed by atoms with Crippen molar-refractivity contribution in [3.63, 3.8) is 0 Å². The molecule has 0 bridgehead atoms. The summed E-state index contributed by atoms with van der Waals surface area (Å²) < 4.78 is 33.0. The van der Waals surface area contributed by atoms with E-state index in [9.17, 15) is 8.78 Å². The molecule has 21 heavy (non-hydrogen) atoms. The monoisotopic (exact) mass is 355 g/mol. The molecule has 112 valence electrons. The van der Waals surface area contributed by atoms with Gasteiger partial charge in [-0.1, -0.05) is 18.2 Å². The molecule has 0 atom stereocenters. The van der Waals surface area contributed by atoms with E-state index in [0.29, 0.717) is 6.54 Å². The van der Waals surface area contributed by atoms with Gasteiger partial charge in [-0.25, -0.2) is 8.78 Å². The largest absolute Gasteiger partial charge is 0.491 e. The zero-order valence-electron chi connectivity index (χ0n) is 11.8. The van der Waals surface area contributed by atoms with Crippen LogP contribution < -0.4 is 10.1 Å². The summed E-state index contributed by atoms with van der Waals surface area (Å²) in [7, 11) is 0. The summed E-state index contributed by atoms with van der Waals surface area (Å²) in [6.45, 7) is 4.23. The molecule has 5 heteroatoms. The minimum absolute atomic E-state index is 0.0491. The van der Waals surface area contributed by atoms with Crippen LogP contribution in [-0.4, -0.2) is 6.10 Å². The van der Waals surface area contributed by atoms with E-state index in [2.05, 4.69) is 21.2 Å². The minimum atomic E-state index is -0.509. The molecule has 2 aromatic carbocycles. The van der Waals surface area contributed by atoms with Crippen molar-refractivity contribution in [1.29, 1.82) is 0 Å². The molecule has 0 saturated heterocycles. The Morgan fingerprint density at radius 2 is 1.86 bits per heavy atom. The van der Waals surface area contributed by atoms with Crippen LogP contribution >= 0.6 is 15.9 Å². The van der Waals surface area contributed by atoms with Crippen LogP contribution in [0.1, 0.15) is 19.4 Å². The fraction of sp³-hybridized carbons (Fsp3) is 0.250. The van der Waals surface area contributed by atoms with Gasteiger partial charge >= 0.3 is 0 Å². The molecule has 2 rings (SSSR count). The summed E-state index contributed by atoms with van der Waals surface area (Å²) in [6.07, 6.45) is 0.0491. The topological polar surface area (TPSA) is 21.3 Å². The van der Waals surface area contributed by atoms with E-state index in [1.54, 1.807) is 0 Å². The van der Waals surface area contributed by atoms with E-state index in [0.717, 1.165) is 23.4 Å². The van der Waals surface area contributed by atoms with E-state index < -0.39 is 11.6 Å². The highest BCUT2D eigenvalue weighted by atomic mass is 79.9. The van der Waals surface area contributed by atoms with Crippen molar-refractivity contribution in [3.8, 4) is 5.75 Å². The number of anilines is 1. The van der Waals surface area contributed by atoms with Crippen molar-refractivity contribution in [2.45, 2.75) is 26.5 Å². The maximum Gasteiger partial charge on any atom is 0.147 e. The van der Waals surface area contributed by atoms with Gasteiger partial charge in [-0.3, -0.25) is 0 Å². The average Bonchev–Trinajstić information content (AvgIpc) is 2.42. The highest BCUT2D eigenvalue weighted by Gasteiger charge is 2.10. The number of rotatable bonds is 5. The Kier molecular flexibility index (Phi) is 5.17. The molecule has 2 nitrogen and oxygen atoms in total. The molecular formula is C16H16BrF2NO. The molecule has 0 fully saturated rings. The van der Waals surface area contributed by atoms with Crippen LogP contribution in [0.3, 0.4) is 0 Å². The van der Waals surface area contributed by atoms with Gasteiger partial charge in [-0.15, -0.1) is 0 Å². The Labute approximate surface area is 131 Å². The smallest absolute Gasteiger partial charge is 0.147 e. The highest BCUT2D eigenvalue weighted by Crippen LogP contribution is 2.25. The van der Waals surface area contributed by atoms with Gasteiger partial charge in [0.25, 0.3) is 0 Å². The zero-order chi connectivity index (χ0) is 15.4. The first kappa shape index (κ1) is 15.8. The predicted molar refractivity (Wildman–Crippen MR) is 83.6 cm³/mol. The van der Waals surface area contributed by atoms with Gasteiger partial charge in [-0.05, 0) is 41.9 Å². The zero-order valence-corrected chi connectivity index (χ0v) is 13.4. The molecule has 0 radical (unpaired) electrons. The highest BCUT2D eigenvalue weighted by molar-refractivity contribution is 9.10. The summed E-state index contributed by atoms with van der Waals surface area (Å²) in [5.41, 5.74) is 1.00. The van der Waals surface area contributed by atoms with E-state index >= 15 is 0 Å². The molecule has 1 N–H and O–H groups in total. The van der Waals surface area contributed by atoms with Gasteiger partial charge in [0.2, 0.25) is 0 Å². The van der Waals surface area contributed by atoms with Crippen LogP contribution in [0, 0.1) is 11.6 Å². The van der Waals surface area contributed by atoms with Crippen LogP contribution in [0.2, 0.25) is 0 Å². The quantitative estimate of drug-likeness (QED) is 0.751. The second kappa shape index (κ2) is 6.89. The summed E-state index contributed by atoms with van der Waals surface area (Å²) in [6, 6.07) is 9.73. The lowest BCUT2D eigenvalue weighted by Crippen LogP contribution is -2.09. The number of hydrogen-bond acceptors (Lipinski definition) is 2. The van der Waals surface area contributed by atoms with E-state index in [1.165, 1.54) is 0 Å². The van der Waals surface area contributed by atoms with Crippen LogP contribution in [0.25, 0.3) is 0 Å². The fourth-order valence-electron chi connectivity index (χ4n) is 1.87. The number of para-hydroxylation sites is 1. The maximum absolute atomic E-state index is 13.8. The minimum Gasteiger partial charge on any atom is -0.491 e. The molecule has 0 aliphatic heterocycles. The van der Waals surface area contributed by atoms with Crippen molar-refractivity contribution in [2.24, 2.45) is 0 Å². The Hall–Kier alpha value is -1.62. The molecule has 0 unspecified atom stereocenters. The Bertz CT molecular complexity index is 632. The molecule has 0 aromatic heterocycles. The summed E-state index contributed by atoms with van der Waals surface area (Å²) >= 11 is 2.95. The fourth-order valence-corrected chi connectivity index (χ4v) is 2.18. The molecule has 0 heterocycles. The summed E-state index contributed by atoms with van der Waals surface area (Å²) in [5, 5.41) is 2.90. The molecule has 0 amide bonds. The van der Waals surface area contributed by atoms with Crippen molar-refractivity contribution >= 4 is 21.6 Å². The van der Waals surface area contributed by atoms with E-state index in [-0.39, 0.29) is 16.3 Å². The number of benzene rings is 2. The van der Waals surface area contributed by atoms with Crippen molar-refractivity contribution in [3.05, 3.63) is 58.1 Å². The first-order valence-corrected chi connectivity index (χ1v) is 7.39. The van der Waals surface area contributed by atoms with Gasteiger partial charge in [0.05, 0.1) is 16.3 Å². The summed E-state index contributed by atoms with van der Waals surface area (Å²) in [4.78, 5) is 0. The second-order valence-electron chi connectivity index (χ2n) is 4.87. The number of ether oxygens (including phenoxy) is 1. The average molecular weight is 356 g/mol. The third-order valence-electron chi connectivity index (χ3n) is 2.81.